The largest absolute Gasteiger partial charge is 0.493 e. The van der Waals surface area contributed by atoms with Crippen LogP contribution < -0.4 is 9.64 Å². The van der Waals surface area contributed by atoms with Gasteiger partial charge in [0.05, 0.1) is 6.61 Å². The maximum atomic E-state index is 8.09. The number of ether oxygens (including phenoxy) is 1. The van der Waals surface area contributed by atoms with Gasteiger partial charge in [-0.05, 0) is 42.5 Å². The fourth-order valence-electron chi connectivity index (χ4n) is 3.82. The van der Waals surface area contributed by atoms with Crippen molar-refractivity contribution in [3.05, 3.63) is 47.7 Å². The van der Waals surface area contributed by atoms with Gasteiger partial charge in [0.2, 0.25) is 0 Å². The van der Waals surface area contributed by atoms with Crippen molar-refractivity contribution in [1.29, 1.82) is 4.78 Å². The van der Waals surface area contributed by atoms with E-state index in [1.807, 2.05) is 24.6 Å². The van der Waals surface area contributed by atoms with E-state index in [0.717, 1.165) is 55.7 Å². The standard InChI is InChI=1S/C21H28N4OS/c1-16(18-5-4-17-8-13-26-20(17)14-18)24-9-11-25(12-10-24)21-7-6-19(15-23-21)27(2,3)22/h4-7,14-16,22H,2,8-13H2,1,3H3. The number of fused-ring (bicyclic) bond motifs is 1. The second kappa shape index (κ2) is 7.17. The highest BCUT2D eigenvalue weighted by molar-refractivity contribution is 8.00. The number of nitrogens with zero attached hydrogens (tertiary/aromatic N) is 3. The maximum absolute atomic E-state index is 8.09. The molecule has 0 amide bonds. The van der Waals surface area contributed by atoms with Crippen LogP contribution in [0.25, 0.3) is 0 Å². The predicted molar refractivity (Wildman–Crippen MR) is 113 cm³/mol. The molecule has 4 rings (SSSR count). The molecule has 144 valence electrons. The van der Waals surface area contributed by atoms with Gasteiger partial charge in [-0.25, -0.2) is 4.98 Å². The minimum absolute atomic E-state index is 0.385. The summed E-state index contributed by atoms with van der Waals surface area (Å²) in [7, 11) is -1.70. The SMILES string of the molecule is C=S(C)(=N)c1ccc(N2CCN(C(C)c3ccc4c(c3)OCC4)CC2)nc1. The molecule has 1 aromatic heterocycles. The van der Waals surface area contributed by atoms with Crippen LogP contribution in [0.3, 0.4) is 0 Å². The third-order valence-corrected chi connectivity index (χ3v) is 6.91. The highest BCUT2D eigenvalue weighted by atomic mass is 32.2. The Morgan fingerprint density at radius 3 is 2.63 bits per heavy atom. The molecule has 27 heavy (non-hydrogen) atoms. The van der Waals surface area contributed by atoms with E-state index < -0.39 is 9.41 Å². The Labute approximate surface area is 162 Å². The summed E-state index contributed by atoms with van der Waals surface area (Å²) in [6.07, 6.45) is 4.72. The van der Waals surface area contributed by atoms with Gasteiger partial charge >= 0.3 is 0 Å². The van der Waals surface area contributed by atoms with Crippen LogP contribution in [-0.4, -0.2) is 54.8 Å². The number of rotatable bonds is 4. The Morgan fingerprint density at radius 2 is 1.96 bits per heavy atom. The first-order chi connectivity index (χ1) is 12.9. The lowest BCUT2D eigenvalue weighted by Gasteiger charge is -2.38. The fourth-order valence-corrected chi connectivity index (χ4v) is 4.47. The van der Waals surface area contributed by atoms with Gasteiger partial charge in [-0.1, -0.05) is 18.0 Å². The third kappa shape index (κ3) is 3.82. The normalized spacial score (nSPS) is 20.6. The monoisotopic (exact) mass is 384 g/mol. The lowest BCUT2D eigenvalue weighted by Crippen LogP contribution is -2.47. The summed E-state index contributed by atoms with van der Waals surface area (Å²) in [6, 6.07) is 11.1. The number of nitrogens with one attached hydrogen (secondary N) is 1. The zero-order chi connectivity index (χ0) is 19.0. The summed E-state index contributed by atoms with van der Waals surface area (Å²) in [5.74, 6) is 6.01. The molecule has 0 saturated carbocycles. The van der Waals surface area contributed by atoms with Crippen LogP contribution in [0.15, 0.2) is 41.4 Å². The zero-order valence-corrected chi connectivity index (χ0v) is 17.0. The minimum atomic E-state index is -1.70. The van der Waals surface area contributed by atoms with Gasteiger partial charge in [-0.15, -0.1) is 9.41 Å². The molecule has 2 aliphatic heterocycles. The summed E-state index contributed by atoms with van der Waals surface area (Å²) in [5, 5.41) is 0. The van der Waals surface area contributed by atoms with Crippen molar-refractivity contribution in [2.45, 2.75) is 24.3 Å². The van der Waals surface area contributed by atoms with Gasteiger partial charge in [-0.2, -0.15) is 0 Å². The first-order valence-electron chi connectivity index (χ1n) is 9.48. The molecular formula is C21H28N4OS. The maximum Gasteiger partial charge on any atom is 0.128 e. The van der Waals surface area contributed by atoms with E-state index in [4.69, 9.17) is 9.52 Å². The van der Waals surface area contributed by atoms with E-state index in [9.17, 15) is 0 Å². The number of piperazine rings is 1. The Balaban J connectivity index is 1.40. The van der Waals surface area contributed by atoms with Gasteiger partial charge in [0, 0.05) is 49.7 Å². The predicted octanol–water partition coefficient (Wildman–Crippen LogP) is 3.24. The number of pyridine rings is 1. The quantitative estimate of drug-likeness (QED) is 0.823. The molecule has 6 heteroatoms. The van der Waals surface area contributed by atoms with E-state index in [-0.39, 0.29) is 0 Å². The molecule has 1 saturated heterocycles. The van der Waals surface area contributed by atoms with Gasteiger partial charge in [0.15, 0.2) is 0 Å². The zero-order valence-electron chi connectivity index (χ0n) is 16.1. The van der Waals surface area contributed by atoms with Crippen LogP contribution in [0.4, 0.5) is 5.82 Å². The Morgan fingerprint density at radius 1 is 1.19 bits per heavy atom. The molecule has 0 radical (unpaired) electrons. The molecule has 0 bridgehead atoms. The van der Waals surface area contributed by atoms with E-state index in [2.05, 4.69) is 45.8 Å². The number of hydrogen-bond acceptors (Lipinski definition) is 5. The second-order valence-corrected chi connectivity index (χ2v) is 10.3. The molecule has 0 spiro atoms. The summed E-state index contributed by atoms with van der Waals surface area (Å²) < 4.78 is 13.8. The molecule has 1 N–H and O–H groups in total. The van der Waals surface area contributed by atoms with E-state index in [0.29, 0.717) is 6.04 Å². The lowest BCUT2D eigenvalue weighted by molar-refractivity contribution is 0.198. The average Bonchev–Trinajstić information content (AvgIpc) is 3.15. The molecule has 2 aliphatic rings. The van der Waals surface area contributed by atoms with Crippen molar-refractivity contribution in [1.82, 2.24) is 9.88 Å². The van der Waals surface area contributed by atoms with Crippen LogP contribution >= 0.6 is 0 Å². The lowest BCUT2D eigenvalue weighted by atomic mass is 10.0. The van der Waals surface area contributed by atoms with E-state index >= 15 is 0 Å². The van der Waals surface area contributed by atoms with Gasteiger partial charge < -0.3 is 9.64 Å². The fraction of sp³-hybridized carbons (Fsp3) is 0.429. The number of hydrogen-bond donors (Lipinski definition) is 1. The van der Waals surface area contributed by atoms with Gasteiger partial charge in [0.25, 0.3) is 0 Å². The van der Waals surface area contributed by atoms with Crippen molar-refractivity contribution in [2.24, 2.45) is 0 Å². The highest BCUT2D eigenvalue weighted by Crippen LogP contribution is 2.31. The highest BCUT2D eigenvalue weighted by Gasteiger charge is 2.24. The number of benzene rings is 1. The van der Waals surface area contributed by atoms with Crippen molar-refractivity contribution >= 4 is 21.1 Å². The molecule has 1 fully saturated rings. The van der Waals surface area contributed by atoms with Crippen LogP contribution in [0.2, 0.25) is 0 Å². The van der Waals surface area contributed by atoms with Crippen LogP contribution in [0.5, 0.6) is 5.75 Å². The molecule has 2 unspecified atom stereocenters. The van der Waals surface area contributed by atoms with Crippen molar-refractivity contribution in [3.63, 3.8) is 0 Å². The summed E-state index contributed by atoms with van der Waals surface area (Å²) >= 11 is 0. The average molecular weight is 385 g/mol. The molecule has 2 aromatic rings. The molecule has 0 aliphatic carbocycles. The van der Waals surface area contributed by atoms with Gasteiger partial charge in [-0.3, -0.25) is 9.68 Å². The second-order valence-electron chi connectivity index (χ2n) is 7.60. The smallest absolute Gasteiger partial charge is 0.128 e. The topological polar surface area (TPSA) is 52.5 Å². The Bertz CT molecular complexity index is 916. The third-order valence-electron chi connectivity index (χ3n) is 5.63. The first kappa shape index (κ1) is 18.3. The molecule has 3 heterocycles. The molecule has 1 aromatic carbocycles. The van der Waals surface area contributed by atoms with E-state index in [1.54, 1.807) is 0 Å². The van der Waals surface area contributed by atoms with Gasteiger partial charge in [0.1, 0.15) is 11.6 Å². The summed E-state index contributed by atoms with van der Waals surface area (Å²) in [5.41, 5.74) is 2.66. The van der Waals surface area contributed by atoms with Crippen molar-refractivity contribution in [2.75, 3.05) is 43.9 Å². The van der Waals surface area contributed by atoms with Crippen molar-refractivity contribution in [3.8, 4) is 5.75 Å². The van der Waals surface area contributed by atoms with Crippen molar-refractivity contribution < 1.29 is 4.74 Å². The summed E-state index contributed by atoms with van der Waals surface area (Å²) in [4.78, 5) is 10.4. The number of aromatic nitrogens is 1. The molecular weight excluding hydrogens is 356 g/mol. The first-order valence-corrected chi connectivity index (χ1v) is 11.7. The van der Waals surface area contributed by atoms with Crippen LogP contribution in [-0.2, 0) is 15.8 Å². The Hall–Kier alpha value is -2.05. The van der Waals surface area contributed by atoms with Crippen LogP contribution in [0, 0.1) is 4.78 Å². The van der Waals surface area contributed by atoms with E-state index in [1.165, 1.54) is 11.1 Å². The molecule has 2 atom stereocenters. The molecule has 5 nitrogen and oxygen atoms in total. The summed E-state index contributed by atoms with van der Waals surface area (Å²) in [6.45, 7) is 7.05. The minimum Gasteiger partial charge on any atom is -0.493 e. The number of anilines is 1. The van der Waals surface area contributed by atoms with Crippen LogP contribution in [0.1, 0.15) is 24.1 Å². The Kier molecular flexibility index (Phi) is 4.86.